The van der Waals surface area contributed by atoms with Gasteiger partial charge in [-0.15, -0.1) is 0 Å². The molecule has 0 atom stereocenters. The third-order valence-corrected chi connectivity index (χ3v) is 4.03. The Labute approximate surface area is 115 Å². The third-order valence-electron chi connectivity index (χ3n) is 4.03. The van der Waals surface area contributed by atoms with Gasteiger partial charge in [-0.2, -0.15) is 0 Å². The number of hydrogen-bond acceptors (Lipinski definition) is 1. The van der Waals surface area contributed by atoms with Crippen molar-refractivity contribution in [1.29, 1.82) is 0 Å². The van der Waals surface area contributed by atoms with Gasteiger partial charge in [-0.05, 0) is 47.7 Å². The fourth-order valence-electron chi connectivity index (χ4n) is 2.94. The van der Waals surface area contributed by atoms with Gasteiger partial charge in [0.25, 0.3) is 0 Å². The highest BCUT2D eigenvalue weighted by Crippen LogP contribution is 2.31. The molecule has 0 amide bonds. The quantitative estimate of drug-likeness (QED) is 0.816. The van der Waals surface area contributed by atoms with Crippen molar-refractivity contribution in [2.24, 2.45) is 0 Å². The molecule has 0 unspecified atom stereocenters. The molecular formula is C18H19N. The summed E-state index contributed by atoms with van der Waals surface area (Å²) in [5.41, 5.74) is 6.51. The van der Waals surface area contributed by atoms with E-state index < -0.39 is 0 Å². The van der Waals surface area contributed by atoms with Crippen LogP contribution >= 0.6 is 0 Å². The summed E-state index contributed by atoms with van der Waals surface area (Å²) in [7, 11) is 2.05. The first-order chi connectivity index (χ1) is 9.29. The Balaban J connectivity index is 2.17. The highest BCUT2D eigenvalue weighted by molar-refractivity contribution is 5.81. The monoisotopic (exact) mass is 249 g/mol. The minimum Gasteiger partial charge on any atom is -0.316 e. The molecule has 2 aromatic rings. The molecule has 0 heterocycles. The zero-order valence-electron chi connectivity index (χ0n) is 11.3. The van der Waals surface area contributed by atoms with Gasteiger partial charge in [-0.25, -0.2) is 0 Å². The predicted octanol–water partition coefficient (Wildman–Crippen LogP) is 3.43. The molecule has 0 aromatic heterocycles. The molecule has 2 aromatic carbocycles. The van der Waals surface area contributed by atoms with Crippen molar-refractivity contribution in [3.63, 3.8) is 0 Å². The number of benzene rings is 2. The fraction of sp³-hybridized carbons (Fsp3) is 0.222. The van der Waals surface area contributed by atoms with Crippen LogP contribution in [0.1, 0.15) is 22.3 Å². The number of hydrogen-bond donors (Lipinski definition) is 1. The first kappa shape index (κ1) is 12.2. The van der Waals surface area contributed by atoms with Crippen LogP contribution in [0.15, 0.2) is 55.1 Å². The molecule has 19 heavy (non-hydrogen) atoms. The van der Waals surface area contributed by atoms with Gasteiger partial charge in [-0.3, -0.25) is 0 Å². The van der Waals surface area contributed by atoms with Gasteiger partial charge >= 0.3 is 0 Å². The lowest BCUT2D eigenvalue weighted by Crippen LogP contribution is -2.31. The summed E-state index contributed by atoms with van der Waals surface area (Å²) in [6, 6.07) is 17.7. The van der Waals surface area contributed by atoms with Gasteiger partial charge in [-0.1, -0.05) is 55.1 Å². The van der Waals surface area contributed by atoms with E-state index >= 15 is 0 Å². The Morgan fingerprint density at radius 1 is 0.895 bits per heavy atom. The van der Waals surface area contributed by atoms with E-state index in [1.165, 1.54) is 22.3 Å². The van der Waals surface area contributed by atoms with Crippen LogP contribution in [0.4, 0.5) is 0 Å². The Hall–Kier alpha value is -1.86. The molecule has 3 rings (SSSR count). The zero-order valence-corrected chi connectivity index (χ0v) is 11.3. The minimum absolute atomic E-state index is 0.482. The van der Waals surface area contributed by atoms with Crippen molar-refractivity contribution in [3.8, 4) is 0 Å². The fourth-order valence-corrected chi connectivity index (χ4v) is 2.94. The highest BCUT2D eigenvalue weighted by Gasteiger charge is 2.19. The van der Waals surface area contributed by atoms with Gasteiger partial charge in [0.2, 0.25) is 0 Å². The van der Waals surface area contributed by atoms with Crippen LogP contribution in [0.25, 0.3) is 5.57 Å². The van der Waals surface area contributed by atoms with E-state index in [1.807, 2.05) is 7.05 Å². The summed E-state index contributed by atoms with van der Waals surface area (Å²) in [5, 5.41) is 3.44. The second-order valence-corrected chi connectivity index (χ2v) is 5.19. The van der Waals surface area contributed by atoms with Gasteiger partial charge < -0.3 is 5.32 Å². The Morgan fingerprint density at radius 2 is 1.37 bits per heavy atom. The van der Waals surface area contributed by atoms with Crippen LogP contribution in [0.2, 0.25) is 0 Å². The van der Waals surface area contributed by atoms with Crippen LogP contribution in [0.3, 0.4) is 0 Å². The lowest BCUT2D eigenvalue weighted by atomic mass is 9.84. The second kappa shape index (κ2) is 5.02. The number of rotatable bonds is 1. The van der Waals surface area contributed by atoms with Gasteiger partial charge in [0, 0.05) is 6.04 Å². The van der Waals surface area contributed by atoms with E-state index in [4.69, 9.17) is 0 Å². The molecule has 1 aliphatic carbocycles. The Bertz CT molecular complexity index is 561. The van der Waals surface area contributed by atoms with Crippen molar-refractivity contribution in [2.45, 2.75) is 18.9 Å². The smallest absolute Gasteiger partial charge is 0.0145 e. The van der Waals surface area contributed by atoms with Crippen molar-refractivity contribution in [3.05, 3.63) is 77.4 Å². The van der Waals surface area contributed by atoms with E-state index in [1.54, 1.807) is 0 Å². The maximum absolute atomic E-state index is 4.33. The SMILES string of the molecule is C=C1c2ccccc2CC(NC)Cc2ccccc21. The number of nitrogens with one attached hydrogen (secondary N) is 1. The lowest BCUT2D eigenvalue weighted by Gasteiger charge is -2.25. The molecule has 1 heteroatoms. The molecule has 0 saturated heterocycles. The third kappa shape index (κ3) is 2.22. The molecule has 0 saturated carbocycles. The standard InChI is InChI=1S/C18H19N/c1-13-17-9-5-3-7-14(17)11-16(19-2)12-15-8-4-6-10-18(13)15/h3-10,16,19H,1,11-12H2,2H3. The summed E-state index contributed by atoms with van der Waals surface area (Å²) in [6.45, 7) is 4.33. The van der Waals surface area contributed by atoms with E-state index in [9.17, 15) is 0 Å². The summed E-state index contributed by atoms with van der Waals surface area (Å²) < 4.78 is 0. The summed E-state index contributed by atoms with van der Waals surface area (Å²) >= 11 is 0. The molecule has 96 valence electrons. The van der Waals surface area contributed by atoms with E-state index in [0.29, 0.717) is 6.04 Å². The van der Waals surface area contributed by atoms with Gasteiger partial charge in [0.05, 0.1) is 0 Å². The van der Waals surface area contributed by atoms with Gasteiger partial charge in [0.1, 0.15) is 0 Å². The molecule has 1 aliphatic rings. The number of fused-ring (bicyclic) bond motifs is 2. The van der Waals surface area contributed by atoms with Crippen LogP contribution in [0, 0.1) is 0 Å². The molecule has 1 N–H and O–H groups in total. The normalized spacial score (nSPS) is 15.3. The summed E-state index contributed by atoms with van der Waals surface area (Å²) in [6.07, 6.45) is 2.11. The Kier molecular flexibility index (Phi) is 3.22. The Morgan fingerprint density at radius 3 is 1.84 bits per heavy atom. The minimum atomic E-state index is 0.482. The van der Waals surface area contributed by atoms with E-state index in [-0.39, 0.29) is 0 Å². The highest BCUT2D eigenvalue weighted by atomic mass is 14.9. The number of likely N-dealkylation sites (N-methyl/N-ethyl adjacent to an activating group) is 1. The summed E-state index contributed by atoms with van der Waals surface area (Å²) in [4.78, 5) is 0. The molecular weight excluding hydrogens is 230 g/mol. The molecule has 0 fully saturated rings. The van der Waals surface area contributed by atoms with Crippen molar-refractivity contribution >= 4 is 5.57 Å². The average molecular weight is 249 g/mol. The molecule has 0 spiro atoms. The van der Waals surface area contributed by atoms with E-state index in [0.717, 1.165) is 18.4 Å². The zero-order chi connectivity index (χ0) is 13.2. The molecule has 0 radical (unpaired) electrons. The molecule has 0 aliphatic heterocycles. The molecule has 1 nitrogen and oxygen atoms in total. The first-order valence-corrected chi connectivity index (χ1v) is 6.82. The van der Waals surface area contributed by atoms with E-state index in [2.05, 4.69) is 60.4 Å². The second-order valence-electron chi connectivity index (χ2n) is 5.19. The average Bonchev–Trinajstić information content (AvgIpc) is 2.45. The maximum atomic E-state index is 4.33. The molecule has 0 bridgehead atoms. The maximum Gasteiger partial charge on any atom is 0.0145 e. The van der Waals surface area contributed by atoms with Crippen LogP contribution in [-0.4, -0.2) is 13.1 Å². The van der Waals surface area contributed by atoms with Crippen molar-refractivity contribution in [2.75, 3.05) is 7.05 Å². The van der Waals surface area contributed by atoms with Gasteiger partial charge in [0.15, 0.2) is 0 Å². The lowest BCUT2D eigenvalue weighted by molar-refractivity contribution is 0.554. The first-order valence-electron chi connectivity index (χ1n) is 6.82. The largest absolute Gasteiger partial charge is 0.316 e. The van der Waals surface area contributed by atoms with Crippen molar-refractivity contribution in [1.82, 2.24) is 5.32 Å². The van der Waals surface area contributed by atoms with Crippen LogP contribution in [-0.2, 0) is 12.8 Å². The van der Waals surface area contributed by atoms with Crippen molar-refractivity contribution < 1.29 is 0 Å². The summed E-state index contributed by atoms with van der Waals surface area (Å²) in [5.74, 6) is 0. The van der Waals surface area contributed by atoms with Crippen LogP contribution < -0.4 is 5.32 Å². The van der Waals surface area contributed by atoms with Crippen LogP contribution in [0.5, 0.6) is 0 Å². The topological polar surface area (TPSA) is 12.0 Å². The predicted molar refractivity (Wildman–Crippen MR) is 81.3 cm³/mol.